The third-order valence-corrected chi connectivity index (χ3v) is 3.34. The Kier molecular flexibility index (Phi) is 4.10. The van der Waals surface area contributed by atoms with Gasteiger partial charge in [-0.1, -0.05) is 24.3 Å². The van der Waals surface area contributed by atoms with Gasteiger partial charge in [0, 0.05) is 5.57 Å². The number of fused-ring (bicyclic) bond motifs is 1. The number of aromatic nitrogens is 1. The first-order valence-corrected chi connectivity index (χ1v) is 7.08. The number of carbonyl (C=O) groups is 1. The van der Waals surface area contributed by atoms with Gasteiger partial charge in [0.2, 0.25) is 5.89 Å². The van der Waals surface area contributed by atoms with Crippen LogP contribution in [0.25, 0.3) is 22.7 Å². The SMILES string of the molecule is COc1cccc(/C=C(\CC(=O)O)c2nc3ccccc3o2)c1. The van der Waals surface area contributed by atoms with Crippen molar-refractivity contribution >= 4 is 28.7 Å². The van der Waals surface area contributed by atoms with Gasteiger partial charge in [-0.3, -0.25) is 4.79 Å². The first-order chi connectivity index (χ1) is 11.2. The van der Waals surface area contributed by atoms with E-state index in [-0.39, 0.29) is 6.42 Å². The lowest BCUT2D eigenvalue weighted by Gasteiger charge is -2.03. The first kappa shape index (κ1) is 14.8. The molecule has 0 spiro atoms. The van der Waals surface area contributed by atoms with Crippen molar-refractivity contribution in [1.29, 1.82) is 0 Å². The normalized spacial score (nSPS) is 11.6. The molecule has 0 saturated carbocycles. The van der Waals surface area contributed by atoms with Crippen LogP contribution in [0.15, 0.2) is 52.9 Å². The Hall–Kier alpha value is -3.08. The quantitative estimate of drug-likeness (QED) is 0.775. The molecule has 23 heavy (non-hydrogen) atoms. The van der Waals surface area contributed by atoms with Crippen molar-refractivity contribution in [3.63, 3.8) is 0 Å². The van der Waals surface area contributed by atoms with Crippen molar-refractivity contribution in [2.45, 2.75) is 6.42 Å². The van der Waals surface area contributed by atoms with Gasteiger partial charge in [-0.15, -0.1) is 0 Å². The molecule has 3 rings (SSSR count). The summed E-state index contributed by atoms with van der Waals surface area (Å²) in [4.78, 5) is 15.6. The lowest BCUT2D eigenvalue weighted by atomic mass is 10.1. The van der Waals surface area contributed by atoms with E-state index >= 15 is 0 Å². The van der Waals surface area contributed by atoms with Gasteiger partial charge in [-0.05, 0) is 35.9 Å². The predicted molar refractivity (Wildman–Crippen MR) is 87.1 cm³/mol. The molecule has 0 fully saturated rings. The van der Waals surface area contributed by atoms with Crippen LogP contribution >= 0.6 is 0 Å². The van der Waals surface area contributed by atoms with Crippen molar-refractivity contribution < 1.29 is 19.1 Å². The predicted octanol–water partition coefficient (Wildman–Crippen LogP) is 3.85. The van der Waals surface area contributed by atoms with Crippen molar-refractivity contribution in [2.24, 2.45) is 0 Å². The van der Waals surface area contributed by atoms with Crippen molar-refractivity contribution in [3.05, 3.63) is 60.0 Å². The molecule has 3 aromatic rings. The second-order valence-corrected chi connectivity index (χ2v) is 5.00. The summed E-state index contributed by atoms with van der Waals surface area (Å²) in [7, 11) is 1.59. The number of carboxylic acid groups (broad SMARTS) is 1. The Morgan fingerprint density at radius 3 is 2.83 bits per heavy atom. The molecule has 116 valence electrons. The second-order valence-electron chi connectivity index (χ2n) is 5.00. The summed E-state index contributed by atoms with van der Waals surface area (Å²) in [6.45, 7) is 0. The van der Waals surface area contributed by atoms with E-state index in [9.17, 15) is 4.79 Å². The van der Waals surface area contributed by atoms with Crippen LogP contribution in [0.3, 0.4) is 0 Å². The van der Waals surface area contributed by atoms with E-state index in [0.29, 0.717) is 28.3 Å². The van der Waals surface area contributed by atoms with Gasteiger partial charge in [0.1, 0.15) is 11.3 Å². The molecule has 1 N–H and O–H groups in total. The van der Waals surface area contributed by atoms with E-state index in [2.05, 4.69) is 4.98 Å². The molecule has 0 aliphatic carbocycles. The molecule has 1 aromatic heterocycles. The first-order valence-electron chi connectivity index (χ1n) is 7.08. The lowest BCUT2D eigenvalue weighted by Crippen LogP contribution is -1.97. The number of hydrogen-bond acceptors (Lipinski definition) is 4. The molecule has 0 unspecified atom stereocenters. The maximum Gasteiger partial charge on any atom is 0.308 e. The van der Waals surface area contributed by atoms with Gasteiger partial charge in [0.15, 0.2) is 5.58 Å². The van der Waals surface area contributed by atoms with Crippen LogP contribution in [0.1, 0.15) is 17.9 Å². The summed E-state index contributed by atoms with van der Waals surface area (Å²) < 4.78 is 10.9. The minimum absolute atomic E-state index is 0.177. The largest absolute Gasteiger partial charge is 0.497 e. The zero-order chi connectivity index (χ0) is 16.2. The average Bonchev–Trinajstić information content (AvgIpc) is 2.98. The fourth-order valence-corrected chi connectivity index (χ4v) is 2.29. The zero-order valence-corrected chi connectivity index (χ0v) is 12.5. The standard InChI is InChI=1S/C18H15NO4/c1-22-14-6-4-5-12(10-14)9-13(11-17(20)21)18-19-15-7-2-3-8-16(15)23-18/h2-10H,11H2,1H3,(H,20,21)/b13-9+. The van der Waals surface area contributed by atoms with E-state index in [0.717, 1.165) is 5.56 Å². The van der Waals surface area contributed by atoms with Gasteiger partial charge < -0.3 is 14.3 Å². The van der Waals surface area contributed by atoms with Crippen LogP contribution < -0.4 is 4.74 Å². The maximum absolute atomic E-state index is 11.2. The van der Waals surface area contributed by atoms with E-state index in [4.69, 9.17) is 14.3 Å². The zero-order valence-electron chi connectivity index (χ0n) is 12.5. The van der Waals surface area contributed by atoms with E-state index in [1.807, 2.05) is 42.5 Å². The van der Waals surface area contributed by atoms with Crippen LogP contribution in [0.2, 0.25) is 0 Å². The van der Waals surface area contributed by atoms with Crippen LogP contribution in [0, 0.1) is 0 Å². The number of carboxylic acids is 1. The maximum atomic E-state index is 11.2. The summed E-state index contributed by atoms with van der Waals surface area (Å²) >= 11 is 0. The number of benzene rings is 2. The summed E-state index contributed by atoms with van der Waals surface area (Å²) in [6, 6.07) is 14.7. The fraction of sp³-hybridized carbons (Fsp3) is 0.111. The number of methoxy groups -OCH3 is 1. The van der Waals surface area contributed by atoms with E-state index in [1.54, 1.807) is 19.3 Å². The Morgan fingerprint density at radius 1 is 1.26 bits per heavy atom. The summed E-state index contributed by atoms with van der Waals surface area (Å²) in [6.07, 6.45) is 1.57. The van der Waals surface area contributed by atoms with Crippen LogP contribution in [0.4, 0.5) is 0 Å². The Bertz CT molecular complexity index is 846. The Balaban J connectivity index is 2.05. The number of aliphatic carboxylic acids is 1. The van der Waals surface area contributed by atoms with Gasteiger partial charge in [-0.25, -0.2) is 4.98 Å². The highest BCUT2D eigenvalue weighted by Gasteiger charge is 2.14. The van der Waals surface area contributed by atoms with Crippen molar-refractivity contribution in [3.8, 4) is 5.75 Å². The molecule has 2 aromatic carbocycles. The highest BCUT2D eigenvalue weighted by atomic mass is 16.5. The minimum Gasteiger partial charge on any atom is -0.497 e. The van der Waals surface area contributed by atoms with Crippen LogP contribution in [-0.4, -0.2) is 23.2 Å². The minimum atomic E-state index is -0.943. The topological polar surface area (TPSA) is 72.6 Å². The monoisotopic (exact) mass is 309 g/mol. The molecular weight excluding hydrogens is 294 g/mol. The molecule has 0 bridgehead atoms. The molecule has 0 aliphatic rings. The average molecular weight is 309 g/mol. The smallest absolute Gasteiger partial charge is 0.308 e. The summed E-state index contributed by atoms with van der Waals surface area (Å²) in [5, 5.41) is 9.16. The Morgan fingerprint density at radius 2 is 2.09 bits per heavy atom. The molecule has 0 saturated heterocycles. The molecule has 0 aliphatic heterocycles. The van der Waals surface area contributed by atoms with Gasteiger partial charge >= 0.3 is 5.97 Å². The number of nitrogens with zero attached hydrogens (tertiary/aromatic N) is 1. The summed E-state index contributed by atoms with van der Waals surface area (Å²) in [5.74, 6) is 0.0730. The highest BCUT2D eigenvalue weighted by Crippen LogP contribution is 2.26. The van der Waals surface area contributed by atoms with E-state index in [1.165, 1.54) is 0 Å². The molecule has 0 atom stereocenters. The molecular formula is C18H15NO4. The second kappa shape index (κ2) is 6.36. The van der Waals surface area contributed by atoms with Gasteiger partial charge in [-0.2, -0.15) is 0 Å². The number of oxazole rings is 1. The fourth-order valence-electron chi connectivity index (χ4n) is 2.29. The lowest BCUT2D eigenvalue weighted by molar-refractivity contribution is -0.135. The number of rotatable bonds is 5. The molecule has 1 heterocycles. The molecule has 5 nitrogen and oxygen atoms in total. The van der Waals surface area contributed by atoms with E-state index < -0.39 is 5.97 Å². The van der Waals surface area contributed by atoms with Crippen molar-refractivity contribution in [2.75, 3.05) is 7.11 Å². The third kappa shape index (κ3) is 3.40. The van der Waals surface area contributed by atoms with Crippen molar-refractivity contribution in [1.82, 2.24) is 4.98 Å². The molecule has 0 radical (unpaired) electrons. The van der Waals surface area contributed by atoms with Gasteiger partial charge in [0.05, 0.1) is 13.5 Å². The highest BCUT2D eigenvalue weighted by molar-refractivity contribution is 5.91. The molecule has 0 amide bonds. The van der Waals surface area contributed by atoms with Gasteiger partial charge in [0.25, 0.3) is 0 Å². The molecule has 5 heteroatoms. The third-order valence-electron chi connectivity index (χ3n) is 3.34. The number of hydrogen-bond donors (Lipinski definition) is 1. The van der Waals surface area contributed by atoms with Crippen LogP contribution in [0.5, 0.6) is 5.75 Å². The summed E-state index contributed by atoms with van der Waals surface area (Å²) in [5.41, 5.74) is 2.65. The van der Waals surface area contributed by atoms with Crippen LogP contribution in [-0.2, 0) is 4.79 Å². The number of ether oxygens (including phenoxy) is 1. The Labute approximate surface area is 132 Å². The number of para-hydroxylation sites is 2.